The minimum absolute atomic E-state index is 0.214. The lowest BCUT2D eigenvalue weighted by molar-refractivity contribution is 0.0701. The zero-order chi connectivity index (χ0) is 21.4. The van der Waals surface area contributed by atoms with E-state index in [0.29, 0.717) is 43.5 Å². The smallest absolute Gasteiger partial charge is 0.346 e. The normalized spacial score (nSPS) is 11.2. The summed E-state index contributed by atoms with van der Waals surface area (Å²) in [5, 5.41) is 18.2. The third-order valence-corrected chi connectivity index (χ3v) is 6.77. The molecular formula is C19H15ClN4O4S2. The van der Waals surface area contributed by atoms with Gasteiger partial charge in [0.05, 0.1) is 12.7 Å². The number of rotatable bonds is 6. The van der Waals surface area contributed by atoms with Crippen LogP contribution in [0.4, 0.5) is 0 Å². The number of nitrogens with one attached hydrogen (secondary N) is 2. The predicted molar refractivity (Wildman–Crippen MR) is 117 cm³/mol. The number of thioether (sulfide) groups is 1. The van der Waals surface area contributed by atoms with E-state index in [0.717, 1.165) is 22.3 Å². The van der Waals surface area contributed by atoms with Gasteiger partial charge in [0.1, 0.15) is 15.5 Å². The Kier molecular flexibility index (Phi) is 5.54. The summed E-state index contributed by atoms with van der Waals surface area (Å²) < 4.78 is 5.35. The van der Waals surface area contributed by atoms with E-state index in [9.17, 15) is 14.7 Å². The average molecular weight is 463 g/mol. The van der Waals surface area contributed by atoms with E-state index in [2.05, 4.69) is 20.2 Å². The first-order chi connectivity index (χ1) is 14.4. The highest BCUT2D eigenvalue weighted by Crippen LogP contribution is 2.34. The lowest BCUT2D eigenvalue weighted by Gasteiger charge is -2.05. The number of aryl methyl sites for hydroxylation is 1. The van der Waals surface area contributed by atoms with Crippen LogP contribution in [-0.4, -0.2) is 38.4 Å². The van der Waals surface area contributed by atoms with Crippen LogP contribution in [0.2, 0.25) is 5.02 Å². The number of carboxylic acid groups (broad SMARTS) is 1. The number of benzene rings is 1. The number of aromatic amines is 2. The zero-order valence-electron chi connectivity index (χ0n) is 15.8. The molecule has 0 bridgehead atoms. The molecule has 1 aromatic carbocycles. The van der Waals surface area contributed by atoms with Crippen LogP contribution in [0.1, 0.15) is 20.8 Å². The summed E-state index contributed by atoms with van der Waals surface area (Å²) in [6.07, 6.45) is 0. The highest BCUT2D eigenvalue weighted by Gasteiger charge is 2.19. The zero-order valence-corrected chi connectivity index (χ0v) is 18.2. The van der Waals surface area contributed by atoms with Crippen LogP contribution in [0.3, 0.4) is 0 Å². The molecule has 0 aliphatic carbocycles. The maximum absolute atomic E-state index is 12.0. The SMILES string of the molecule is COc1ccc(Cl)cc1-c1nc(SCc2cc(=O)[nH]c3sc(C(=O)O)c(C)c23)n[nH]1. The molecule has 3 aromatic heterocycles. The Balaban J connectivity index is 1.64. The molecule has 0 radical (unpaired) electrons. The van der Waals surface area contributed by atoms with E-state index >= 15 is 0 Å². The highest BCUT2D eigenvalue weighted by molar-refractivity contribution is 7.98. The van der Waals surface area contributed by atoms with Gasteiger partial charge in [0.25, 0.3) is 0 Å². The molecule has 4 aromatic rings. The second-order valence-corrected chi connectivity index (χ2v) is 8.72. The van der Waals surface area contributed by atoms with Crippen molar-refractivity contribution in [1.29, 1.82) is 0 Å². The Hall–Kier alpha value is -2.82. The lowest BCUT2D eigenvalue weighted by atomic mass is 10.1. The number of fused-ring (bicyclic) bond motifs is 1. The van der Waals surface area contributed by atoms with Crippen LogP contribution in [0.25, 0.3) is 21.6 Å². The molecule has 0 saturated carbocycles. The summed E-state index contributed by atoms with van der Waals surface area (Å²) in [6.45, 7) is 1.74. The fourth-order valence-electron chi connectivity index (χ4n) is 3.12. The summed E-state index contributed by atoms with van der Waals surface area (Å²) in [7, 11) is 1.56. The van der Waals surface area contributed by atoms with Gasteiger partial charge in [-0.2, -0.15) is 0 Å². The number of hydrogen-bond donors (Lipinski definition) is 3. The van der Waals surface area contributed by atoms with Crippen LogP contribution >= 0.6 is 34.7 Å². The van der Waals surface area contributed by atoms with Crippen molar-refractivity contribution in [2.45, 2.75) is 17.8 Å². The molecule has 0 aliphatic heterocycles. The molecule has 4 rings (SSSR count). The summed E-state index contributed by atoms with van der Waals surface area (Å²) in [6, 6.07) is 6.69. The Morgan fingerprint density at radius 1 is 1.37 bits per heavy atom. The molecule has 3 N–H and O–H groups in total. The van der Waals surface area contributed by atoms with E-state index < -0.39 is 5.97 Å². The summed E-state index contributed by atoms with van der Waals surface area (Å²) in [4.78, 5) is 31.4. The molecule has 0 atom stereocenters. The number of aromatic carboxylic acids is 1. The van der Waals surface area contributed by atoms with Crippen molar-refractivity contribution < 1.29 is 14.6 Å². The third kappa shape index (κ3) is 3.81. The number of thiophene rings is 1. The van der Waals surface area contributed by atoms with Gasteiger partial charge in [0, 0.05) is 22.2 Å². The number of ether oxygens (including phenoxy) is 1. The molecule has 0 aliphatic rings. The van der Waals surface area contributed by atoms with E-state index in [1.807, 2.05) is 0 Å². The lowest BCUT2D eigenvalue weighted by Crippen LogP contribution is -2.05. The second-order valence-electron chi connectivity index (χ2n) is 6.32. The van der Waals surface area contributed by atoms with Gasteiger partial charge in [0.2, 0.25) is 10.7 Å². The number of halogens is 1. The van der Waals surface area contributed by atoms with Crippen molar-refractivity contribution in [3.63, 3.8) is 0 Å². The Labute approximate surface area is 183 Å². The molecule has 0 fully saturated rings. The first kappa shape index (κ1) is 20.5. The number of pyridine rings is 1. The van der Waals surface area contributed by atoms with E-state index in [-0.39, 0.29) is 10.4 Å². The van der Waals surface area contributed by atoms with Crippen molar-refractivity contribution in [2.24, 2.45) is 0 Å². The van der Waals surface area contributed by atoms with Gasteiger partial charge < -0.3 is 14.8 Å². The van der Waals surface area contributed by atoms with E-state index in [1.165, 1.54) is 17.8 Å². The maximum Gasteiger partial charge on any atom is 0.346 e. The van der Waals surface area contributed by atoms with Crippen LogP contribution in [-0.2, 0) is 5.75 Å². The fourth-order valence-corrected chi connectivity index (χ4v) is 5.16. The van der Waals surface area contributed by atoms with Crippen molar-refractivity contribution >= 4 is 50.9 Å². The van der Waals surface area contributed by atoms with Crippen LogP contribution in [0, 0.1) is 6.92 Å². The summed E-state index contributed by atoms with van der Waals surface area (Å²) in [5.74, 6) is 0.509. The van der Waals surface area contributed by atoms with Crippen molar-refractivity contribution in [3.05, 3.63) is 55.6 Å². The number of methoxy groups -OCH3 is 1. The number of nitrogens with zero attached hydrogens (tertiary/aromatic N) is 2. The second kappa shape index (κ2) is 8.13. The average Bonchev–Trinajstić information content (AvgIpc) is 3.31. The van der Waals surface area contributed by atoms with Crippen molar-refractivity contribution in [2.75, 3.05) is 7.11 Å². The Bertz CT molecular complexity index is 1330. The monoisotopic (exact) mass is 462 g/mol. The summed E-state index contributed by atoms with van der Waals surface area (Å²) >= 11 is 8.48. The van der Waals surface area contributed by atoms with Crippen molar-refractivity contribution in [1.82, 2.24) is 20.2 Å². The van der Waals surface area contributed by atoms with E-state index in [1.54, 1.807) is 32.2 Å². The van der Waals surface area contributed by atoms with Gasteiger partial charge in [-0.25, -0.2) is 9.78 Å². The topological polar surface area (TPSA) is 121 Å². The molecule has 8 nitrogen and oxygen atoms in total. The van der Waals surface area contributed by atoms with Gasteiger partial charge in [0.15, 0.2) is 5.82 Å². The molecule has 30 heavy (non-hydrogen) atoms. The molecular weight excluding hydrogens is 448 g/mol. The minimum Gasteiger partial charge on any atom is -0.496 e. The van der Waals surface area contributed by atoms with Crippen LogP contribution in [0.15, 0.2) is 34.2 Å². The molecule has 3 heterocycles. The maximum atomic E-state index is 12.0. The standard InChI is InChI=1S/C19H15ClN4O4S2/c1-8-14-9(5-13(25)21-17(14)30-15(8)18(26)27)7-29-19-22-16(23-24-19)11-6-10(20)3-4-12(11)28-2/h3-6H,7H2,1-2H3,(H,21,25)(H,26,27)(H,22,23,24). The van der Waals surface area contributed by atoms with Gasteiger partial charge >= 0.3 is 5.97 Å². The number of H-pyrrole nitrogens is 2. The van der Waals surface area contributed by atoms with E-state index in [4.69, 9.17) is 16.3 Å². The number of carbonyl (C=O) groups is 1. The molecule has 154 valence electrons. The first-order valence-corrected chi connectivity index (χ1v) is 10.8. The quantitative estimate of drug-likeness (QED) is 0.364. The fraction of sp³-hybridized carbons (Fsp3) is 0.158. The molecule has 0 saturated heterocycles. The van der Waals surface area contributed by atoms with Gasteiger partial charge in [-0.3, -0.25) is 9.89 Å². The highest BCUT2D eigenvalue weighted by atomic mass is 35.5. The summed E-state index contributed by atoms with van der Waals surface area (Å²) in [5.41, 5.74) is 1.76. The number of hydrogen-bond acceptors (Lipinski definition) is 7. The predicted octanol–water partition coefficient (Wildman–Crippen LogP) is 4.34. The molecule has 0 unspecified atom stereocenters. The van der Waals surface area contributed by atoms with Crippen molar-refractivity contribution in [3.8, 4) is 17.1 Å². The molecule has 0 amide bonds. The largest absolute Gasteiger partial charge is 0.496 e. The van der Waals surface area contributed by atoms with Gasteiger partial charge in [-0.15, -0.1) is 16.4 Å². The number of aromatic nitrogens is 4. The Morgan fingerprint density at radius 3 is 2.90 bits per heavy atom. The first-order valence-electron chi connectivity index (χ1n) is 8.65. The number of carboxylic acids is 1. The Morgan fingerprint density at radius 2 is 2.17 bits per heavy atom. The third-order valence-electron chi connectivity index (χ3n) is 4.44. The molecule has 11 heteroatoms. The van der Waals surface area contributed by atoms with Crippen LogP contribution < -0.4 is 10.3 Å². The van der Waals surface area contributed by atoms with Gasteiger partial charge in [-0.1, -0.05) is 23.4 Å². The minimum atomic E-state index is -1.01. The van der Waals surface area contributed by atoms with Crippen LogP contribution in [0.5, 0.6) is 5.75 Å². The van der Waals surface area contributed by atoms with Gasteiger partial charge in [-0.05, 0) is 36.2 Å². The molecule has 0 spiro atoms.